The van der Waals surface area contributed by atoms with Gasteiger partial charge in [0, 0.05) is 11.9 Å². The van der Waals surface area contributed by atoms with E-state index >= 15 is 0 Å². The fourth-order valence-corrected chi connectivity index (χ4v) is 0.733. The number of aromatic nitrogens is 2. The molecule has 1 N–H and O–H groups in total. The highest BCUT2D eigenvalue weighted by Gasteiger charge is 2.11. The maximum Gasteiger partial charge on any atom is 0.362 e. The summed E-state index contributed by atoms with van der Waals surface area (Å²) < 4.78 is 4.34. The van der Waals surface area contributed by atoms with Crippen LogP contribution in [0, 0.1) is 6.92 Å². The van der Waals surface area contributed by atoms with Crippen molar-refractivity contribution in [2.45, 2.75) is 6.92 Å². The van der Waals surface area contributed by atoms with Gasteiger partial charge in [0.2, 0.25) is 5.69 Å². The summed E-state index contributed by atoms with van der Waals surface area (Å²) in [4.78, 5) is 27.9. The Morgan fingerprint density at radius 1 is 1.62 bits per heavy atom. The Morgan fingerprint density at radius 2 is 2.23 bits per heavy atom. The number of ether oxygens (including phenoxy) is 1. The fraction of sp³-hybridized carbons (Fsp3) is 0.286. The Bertz CT molecular complexity index is 361. The minimum absolute atomic E-state index is 0. The smallest absolute Gasteiger partial charge is 0.362 e. The lowest BCUT2D eigenvalue weighted by atomic mass is 10.4. The number of esters is 1. The molecule has 1 heterocycles. The van der Waals surface area contributed by atoms with Crippen molar-refractivity contribution in [3.8, 4) is 0 Å². The van der Waals surface area contributed by atoms with E-state index in [1.165, 1.54) is 13.3 Å². The minimum atomic E-state index is -0.726. The molecule has 1 rings (SSSR count). The molecule has 0 saturated heterocycles. The molecule has 0 spiro atoms. The van der Waals surface area contributed by atoms with Crippen LogP contribution in [0.4, 0.5) is 0 Å². The van der Waals surface area contributed by atoms with Crippen molar-refractivity contribution in [2.75, 3.05) is 7.11 Å². The predicted octanol–water partition coefficient (Wildman–Crippen LogP) is 0.287. The molecule has 0 aliphatic heterocycles. The maximum absolute atomic E-state index is 11.0. The van der Waals surface area contributed by atoms with E-state index in [1.54, 1.807) is 6.92 Å². The average Bonchev–Trinajstić information content (AvgIpc) is 2.03. The summed E-state index contributed by atoms with van der Waals surface area (Å²) in [5.41, 5.74) is -0.141. The number of aryl methyl sites for hydroxylation is 1. The quantitative estimate of drug-likeness (QED) is 0.668. The molecule has 0 bridgehead atoms. The highest BCUT2D eigenvalue weighted by Crippen LogP contribution is 1.89. The Balaban J connectivity index is 0.00000144. The van der Waals surface area contributed by atoms with Crippen molar-refractivity contribution >= 4 is 18.4 Å². The number of H-pyrrole nitrogens is 1. The molecule has 1 aromatic rings. The number of aromatic amines is 1. The third-order valence-electron chi connectivity index (χ3n) is 1.29. The van der Waals surface area contributed by atoms with Gasteiger partial charge in [-0.25, -0.2) is 9.78 Å². The van der Waals surface area contributed by atoms with Crippen LogP contribution in [-0.4, -0.2) is 23.0 Å². The van der Waals surface area contributed by atoms with Gasteiger partial charge < -0.3 is 9.72 Å². The lowest BCUT2D eigenvalue weighted by Crippen LogP contribution is -2.21. The van der Waals surface area contributed by atoms with Gasteiger partial charge in [-0.05, 0) is 6.92 Å². The molecule has 0 saturated carbocycles. The number of nitrogens with one attached hydrogen (secondary N) is 1. The van der Waals surface area contributed by atoms with Gasteiger partial charge >= 0.3 is 5.97 Å². The normalized spacial score (nSPS) is 8.77. The molecular formula is C7H9ClN2O3. The summed E-state index contributed by atoms with van der Waals surface area (Å²) in [6.07, 6.45) is 1.40. The molecule has 72 valence electrons. The zero-order chi connectivity index (χ0) is 9.14. The molecule has 6 heteroatoms. The van der Waals surface area contributed by atoms with Crippen LogP contribution in [0.2, 0.25) is 0 Å². The molecule has 0 unspecified atom stereocenters. The first-order valence-corrected chi connectivity index (χ1v) is 3.29. The molecule has 0 amide bonds. The molecule has 0 radical (unpaired) electrons. The van der Waals surface area contributed by atoms with Gasteiger partial charge in [-0.2, -0.15) is 0 Å². The van der Waals surface area contributed by atoms with E-state index in [1.807, 2.05) is 0 Å². The van der Waals surface area contributed by atoms with Crippen LogP contribution in [0.25, 0.3) is 0 Å². The number of methoxy groups -OCH3 is 1. The van der Waals surface area contributed by atoms with Crippen molar-refractivity contribution in [2.24, 2.45) is 0 Å². The summed E-state index contributed by atoms with van der Waals surface area (Å²) in [7, 11) is 1.20. The largest absolute Gasteiger partial charge is 0.464 e. The van der Waals surface area contributed by atoms with Gasteiger partial charge in [-0.1, -0.05) is 0 Å². The average molecular weight is 205 g/mol. The molecule has 0 aliphatic carbocycles. The molecule has 1 aromatic heterocycles. The Kier molecular flexibility index (Phi) is 4.13. The second-order valence-electron chi connectivity index (χ2n) is 2.24. The van der Waals surface area contributed by atoms with E-state index in [9.17, 15) is 9.59 Å². The summed E-state index contributed by atoms with van der Waals surface area (Å²) in [5.74, 6) is -0.726. The lowest BCUT2D eigenvalue weighted by molar-refractivity contribution is 0.0591. The van der Waals surface area contributed by atoms with Crippen LogP contribution in [0.5, 0.6) is 0 Å². The summed E-state index contributed by atoms with van der Waals surface area (Å²) in [5, 5.41) is 0. The second-order valence-corrected chi connectivity index (χ2v) is 2.24. The number of halogens is 1. The summed E-state index contributed by atoms with van der Waals surface area (Å²) in [6, 6.07) is 0. The highest BCUT2D eigenvalue weighted by molar-refractivity contribution is 5.86. The van der Waals surface area contributed by atoms with E-state index < -0.39 is 11.5 Å². The first kappa shape index (κ1) is 11.6. The summed E-state index contributed by atoms with van der Waals surface area (Å²) >= 11 is 0. The number of carbonyl (C=O) groups is 1. The van der Waals surface area contributed by atoms with Crippen molar-refractivity contribution in [1.82, 2.24) is 9.97 Å². The van der Waals surface area contributed by atoms with Gasteiger partial charge in [0.05, 0.1) is 7.11 Å². The predicted molar refractivity (Wildman–Crippen MR) is 48.2 cm³/mol. The van der Waals surface area contributed by atoms with Crippen LogP contribution >= 0.6 is 12.4 Å². The van der Waals surface area contributed by atoms with Gasteiger partial charge in [0.25, 0.3) is 5.56 Å². The van der Waals surface area contributed by atoms with Crippen LogP contribution < -0.4 is 5.56 Å². The topological polar surface area (TPSA) is 72.0 Å². The van der Waals surface area contributed by atoms with E-state index in [-0.39, 0.29) is 18.1 Å². The van der Waals surface area contributed by atoms with Crippen LogP contribution in [0.1, 0.15) is 16.2 Å². The minimum Gasteiger partial charge on any atom is -0.464 e. The number of nitrogens with zero attached hydrogens (tertiary/aromatic N) is 1. The van der Waals surface area contributed by atoms with Gasteiger partial charge in [-0.3, -0.25) is 4.79 Å². The van der Waals surface area contributed by atoms with Crippen molar-refractivity contribution < 1.29 is 9.53 Å². The maximum atomic E-state index is 11.0. The Morgan fingerprint density at radius 3 is 2.69 bits per heavy atom. The van der Waals surface area contributed by atoms with E-state index in [2.05, 4.69) is 14.7 Å². The monoisotopic (exact) mass is 204 g/mol. The van der Waals surface area contributed by atoms with Crippen molar-refractivity contribution in [3.05, 3.63) is 27.9 Å². The number of rotatable bonds is 1. The van der Waals surface area contributed by atoms with Gasteiger partial charge in [0.1, 0.15) is 0 Å². The number of carbonyl (C=O) groups excluding carboxylic acids is 1. The number of hydrogen-bond donors (Lipinski definition) is 1. The SMILES string of the molecule is COC(=O)c1ncc(C)[nH]c1=O.Cl. The second kappa shape index (κ2) is 4.61. The van der Waals surface area contributed by atoms with Crippen LogP contribution in [0.15, 0.2) is 11.0 Å². The molecule has 0 fully saturated rings. The third kappa shape index (κ3) is 2.55. The first-order chi connectivity index (χ1) is 5.65. The first-order valence-electron chi connectivity index (χ1n) is 3.29. The number of hydrogen-bond acceptors (Lipinski definition) is 4. The van der Waals surface area contributed by atoms with Gasteiger partial charge in [-0.15, -0.1) is 12.4 Å². The third-order valence-corrected chi connectivity index (χ3v) is 1.29. The molecule has 0 aliphatic rings. The standard InChI is InChI=1S/C7H8N2O3.ClH/c1-4-3-8-5(6(10)9-4)7(11)12-2;/h3H,1-2H3,(H,9,10);1H. The van der Waals surface area contributed by atoms with Crippen molar-refractivity contribution in [1.29, 1.82) is 0 Å². The Labute approximate surface area is 80.6 Å². The van der Waals surface area contributed by atoms with Crippen molar-refractivity contribution in [3.63, 3.8) is 0 Å². The highest BCUT2D eigenvalue weighted by atomic mass is 35.5. The Hall–Kier alpha value is -1.36. The van der Waals surface area contributed by atoms with Crippen LogP contribution in [0.3, 0.4) is 0 Å². The zero-order valence-electron chi connectivity index (χ0n) is 7.16. The molecule has 0 aromatic carbocycles. The molecule has 13 heavy (non-hydrogen) atoms. The summed E-state index contributed by atoms with van der Waals surface area (Å²) in [6.45, 7) is 1.68. The van der Waals surface area contributed by atoms with E-state index in [0.717, 1.165) is 0 Å². The molecule has 0 atom stereocenters. The fourth-order valence-electron chi connectivity index (χ4n) is 0.733. The molecular weight excluding hydrogens is 196 g/mol. The zero-order valence-corrected chi connectivity index (χ0v) is 7.97. The van der Waals surface area contributed by atoms with Crippen LogP contribution in [-0.2, 0) is 4.74 Å². The lowest BCUT2D eigenvalue weighted by Gasteiger charge is -1.96. The van der Waals surface area contributed by atoms with Gasteiger partial charge in [0.15, 0.2) is 0 Å². The van der Waals surface area contributed by atoms with E-state index in [0.29, 0.717) is 5.69 Å². The molecule has 5 nitrogen and oxygen atoms in total. The van der Waals surface area contributed by atoms with E-state index in [4.69, 9.17) is 0 Å².